The van der Waals surface area contributed by atoms with Crippen LogP contribution in [0.25, 0.3) is 5.65 Å². The minimum absolute atomic E-state index is 0.190. The highest BCUT2D eigenvalue weighted by Crippen LogP contribution is 2.32. The van der Waals surface area contributed by atoms with Gasteiger partial charge >= 0.3 is 5.69 Å². The molecule has 29 heavy (non-hydrogen) atoms. The number of amides is 1. The van der Waals surface area contributed by atoms with Crippen LogP contribution in [0.2, 0.25) is 0 Å². The number of methoxy groups -OCH3 is 1. The molecule has 4 rings (SSSR count). The Morgan fingerprint density at radius 2 is 2.03 bits per heavy atom. The van der Waals surface area contributed by atoms with Gasteiger partial charge in [-0.3, -0.25) is 4.79 Å². The van der Waals surface area contributed by atoms with Gasteiger partial charge in [-0.05, 0) is 37.1 Å². The van der Waals surface area contributed by atoms with Crippen molar-refractivity contribution >= 4 is 29.0 Å². The molecule has 1 amide bonds. The van der Waals surface area contributed by atoms with E-state index in [9.17, 15) is 9.59 Å². The van der Waals surface area contributed by atoms with Gasteiger partial charge in [0.15, 0.2) is 5.65 Å². The fourth-order valence-electron chi connectivity index (χ4n) is 3.45. The number of rotatable bonds is 6. The molecule has 2 aromatic heterocycles. The number of aromatic nitrogens is 4. The van der Waals surface area contributed by atoms with Gasteiger partial charge in [0.05, 0.1) is 7.11 Å². The minimum Gasteiger partial charge on any atom is -0.497 e. The number of carbonyl (C=O) groups excluding carboxylic acids is 1. The van der Waals surface area contributed by atoms with E-state index in [-0.39, 0.29) is 12.5 Å². The van der Waals surface area contributed by atoms with Gasteiger partial charge in [-0.25, -0.2) is 9.48 Å². The average molecular weight is 414 g/mol. The predicted octanol–water partition coefficient (Wildman–Crippen LogP) is 2.96. The second-order valence-electron chi connectivity index (χ2n) is 7.04. The molecular weight excluding hydrogens is 390 g/mol. The lowest BCUT2D eigenvalue weighted by molar-refractivity contribution is -0.117. The lowest BCUT2D eigenvalue weighted by Gasteiger charge is -2.20. The van der Waals surface area contributed by atoms with E-state index in [0.717, 1.165) is 9.71 Å². The standard InChI is InChI=1S/C20H23N5O3S/c1-28-15-7-5-6-14(12-15)21-18(26)13-24-20(27)25-17(22-24)10-11-19(23-25)29-16-8-3-2-4-9-16/h5-7,10-12,16H,2-4,8-9,13H2,1H3,(H,21,26). The van der Waals surface area contributed by atoms with Crippen LogP contribution in [-0.2, 0) is 11.3 Å². The van der Waals surface area contributed by atoms with E-state index in [1.54, 1.807) is 49.2 Å². The van der Waals surface area contributed by atoms with Crippen LogP contribution >= 0.6 is 11.8 Å². The summed E-state index contributed by atoms with van der Waals surface area (Å²) in [5.74, 6) is 0.292. The van der Waals surface area contributed by atoms with Gasteiger partial charge in [0, 0.05) is 17.0 Å². The second kappa shape index (κ2) is 8.69. The minimum atomic E-state index is -0.424. The van der Waals surface area contributed by atoms with Crippen molar-refractivity contribution in [2.45, 2.75) is 48.9 Å². The zero-order chi connectivity index (χ0) is 20.2. The van der Waals surface area contributed by atoms with Gasteiger partial charge in [0.1, 0.15) is 17.3 Å². The first kappa shape index (κ1) is 19.5. The Hall–Kier alpha value is -2.81. The highest BCUT2D eigenvalue weighted by Gasteiger charge is 2.17. The molecule has 2 heterocycles. The molecule has 8 nitrogen and oxygen atoms in total. The van der Waals surface area contributed by atoms with Crippen LogP contribution in [0, 0.1) is 0 Å². The fourth-order valence-corrected chi connectivity index (χ4v) is 4.63. The van der Waals surface area contributed by atoms with Crippen molar-refractivity contribution in [1.29, 1.82) is 0 Å². The maximum absolute atomic E-state index is 12.7. The molecule has 0 bridgehead atoms. The molecule has 0 aliphatic heterocycles. The lowest BCUT2D eigenvalue weighted by Crippen LogP contribution is -2.28. The molecule has 0 spiro atoms. The molecule has 152 valence electrons. The third kappa shape index (κ3) is 4.61. The van der Waals surface area contributed by atoms with Crippen molar-refractivity contribution in [3.63, 3.8) is 0 Å². The summed E-state index contributed by atoms with van der Waals surface area (Å²) < 4.78 is 7.55. The summed E-state index contributed by atoms with van der Waals surface area (Å²) in [6, 6.07) is 10.7. The van der Waals surface area contributed by atoms with Gasteiger partial charge < -0.3 is 10.1 Å². The molecule has 9 heteroatoms. The van der Waals surface area contributed by atoms with Crippen LogP contribution in [0.4, 0.5) is 5.69 Å². The third-order valence-electron chi connectivity index (χ3n) is 4.90. The number of hydrogen-bond donors (Lipinski definition) is 1. The summed E-state index contributed by atoms with van der Waals surface area (Å²) in [6.45, 7) is -0.190. The Morgan fingerprint density at radius 1 is 1.21 bits per heavy atom. The molecular formula is C20H23N5O3S. The maximum atomic E-state index is 12.7. The zero-order valence-electron chi connectivity index (χ0n) is 16.2. The number of carbonyl (C=O) groups is 1. The van der Waals surface area contributed by atoms with Crippen LogP contribution in [0.3, 0.4) is 0 Å². The maximum Gasteiger partial charge on any atom is 0.367 e. The number of nitrogens with zero attached hydrogens (tertiary/aromatic N) is 4. The normalized spacial score (nSPS) is 14.8. The first-order valence-electron chi connectivity index (χ1n) is 9.70. The van der Waals surface area contributed by atoms with E-state index in [4.69, 9.17) is 4.74 Å². The smallest absolute Gasteiger partial charge is 0.367 e. The summed E-state index contributed by atoms with van der Waals surface area (Å²) in [5, 5.41) is 12.8. The van der Waals surface area contributed by atoms with Crippen molar-refractivity contribution < 1.29 is 9.53 Å². The van der Waals surface area contributed by atoms with Crippen molar-refractivity contribution in [1.82, 2.24) is 19.4 Å². The van der Waals surface area contributed by atoms with E-state index < -0.39 is 5.69 Å². The molecule has 1 N–H and O–H groups in total. The first-order valence-corrected chi connectivity index (χ1v) is 10.6. The summed E-state index contributed by atoms with van der Waals surface area (Å²) in [7, 11) is 1.56. The number of nitrogens with one attached hydrogen (secondary N) is 1. The van der Waals surface area contributed by atoms with Crippen molar-refractivity contribution in [3.05, 3.63) is 46.9 Å². The topological polar surface area (TPSA) is 90.5 Å². The molecule has 0 unspecified atom stereocenters. The Balaban J connectivity index is 1.48. The number of thioether (sulfide) groups is 1. The average Bonchev–Trinajstić information content (AvgIpc) is 3.04. The number of ether oxygens (including phenoxy) is 1. The fraction of sp³-hybridized carbons (Fsp3) is 0.400. The molecule has 0 saturated heterocycles. The Labute approximate surface area is 172 Å². The van der Waals surface area contributed by atoms with E-state index in [1.807, 2.05) is 6.07 Å². The van der Waals surface area contributed by atoms with Crippen molar-refractivity contribution in [2.75, 3.05) is 12.4 Å². The zero-order valence-corrected chi connectivity index (χ0v) is 17.0. The van der Waals surface area contributed by atoms with Gasteiger partial charge in [-0.1, -0.05) is 25.3 Å². The Bertz CT molecular complexity index is 1070. The van der Waals surface area contributed by atoms with Crippen LogP contribution < -0.4 is 15.7 Å². The highest BCUT2D eigenvalue weighted by molar-refractivity contribution is 7.99. The molecule has 1 aromatic carbocycles. The van der Waals surface area contributed by atoms with E-state index >= 15 is 0 Å². The Morgan fingerprint density at radius 3 is 2.83 bits per heavy atom. The number of anilines is 1. The largest absolute Gasteiger partial charge is 0.497 e. The monoisotopic (exact) mass is 413 g/mol. The van der Waals surface area contributed by atoms with E-state index in [1.165, 1.54) is 36.6 Å². The van der Waals surface area contributed by atoms with Crippen LogP contribution in [-0.4, -0.2) is 37.7 Å². The van der Waals surface area contributed by atoms with Gasteiger partial charge in [0.25, 0.3) is 0 Å². The van der Waals surface area contributed by atoms with Gasteiger partial charge in [-0.2, -0.15) is 9.61 Å². The third-order valence-corrected chi connectivity index (χ3v) is 6.17. The molecule has 1 saturated carbocycles. The van der Waals surface area contributed by atoms with Gasteiger partial charge in [-0.15, -0.1) is 16.9 Å². The predicted molar refractivity (Wildman–Crippen MR) is 112 cm³/mol. The summed E-state index contributed by atoms with van der Waals surface area (Å²) in [4.78, 5) is 25.0. The Kier molecular flexibility index (Phi) is 5.84. The molecule has 1 fully saturated rings. The summed E-state index contributed by atoms with van der Waals surface area (Å²) in [5.41, 5.74) is 0.597. The summed E-state index contributed by atoms with van der Waals surface area (Å²) >= 11 is 1.72. The van der Waals surface area contributed by atoms with Crippen molar-refractivity contribution in [2.24, 2.45) is 0 Å². The molecule has 0 atom stereocenters. The van der Waals surface area contributed by atoms with Crippen LogP contribution in [0.1, 0.15) is 32.1 Å². The molecule has 3 aromatic rings. The SMILES string of the molecule is COc1cccc(NC(=O)Cn2nc3ccc(SC4CCCCC4)nn3c2=O)c1. The quantitative estimate of drug-likeness (QED) is 0.668. The van der Waals surface area contributed by atoms with Crippen molar-refractivity contribution in [3.8, 4) is 5.75 Å². The number of hydrogen-bond acceptors (Lipinski definition) is 6. The first-order chi connectivity index (χ1) is 14.1. The highest BCUT2D eigenvalue weighted by atomic mass is 32.2. The molecule has 0 radical (unpaired) electrons. The second-order valence-corrected chi connectivity index (χ2v) is 8.36. The number of benzene rings is 1. The number of fused-ring (bicyclic) bond motifs is 1. The summed E-state index contributed by atoms with van der Waals surface area (Å²) in [6.07, 6.45) is 6.17. The van der Waals surface area contributed by atoms with Gasteiger partial charge in [0.2, 0.25) is 5.91 Å². The molecule has 1 aliphatic carbocycles. The molecule has 1 aliphatic rings. The van der Waals surface area contributed by atoms with E-state index in [2.05, 4.69) is 15.5 Å². The van der Waals surface area contributed by atoms with Crippen LogP contribution in [0.5, 0.6) is 5.75 Å². The lowest BCUT2D eigenvalue weighted by atomic mass is 10.0. The van der Waals surface area contributed by atoms with Crippen LogP contribution in [0.15, 0.2) is 46.2 Å². The van der Waals surface area contributed by atoms with E-state index in [0.29, 0.717) is 22.3 Å².